The highest BCUT2D eigenvalue weighted by Crippen LogP contribution is 2.60. The lowest BCUT2D eigenvalue weighted by atomic mass is 9.68. The summed E-state index contributed by atoms with van der Waals surface area (Å²) in [6.07, 6.45) is 0. The summed E-state index contributed by atoms with van der Waals surface area (Å²) in [4.78, 5) is 2.49. The largest absolute Gasteiger partial charge is 0.456 e. The maximum absolute atomic E-state index is 6.57. The number of anilines is 3. The van der Waals surface area contributed by atoms with Crippen molar-refractivity contribution in [3.05, 3.63) is 222 Å². The molecule has 0 aliphatic heterocycles. The molecule has 0 saturated heterocycles. The van der Waals surface area contributed by atoms with Crippen LogP contribution in [0.1, 0.15) is 22.3 Å². The number of hydrogen-bond donors (Lipinski definition) is 0. The van der Waals surface area contributed by atoms with Crippen LogP contribution in [0.3, 0.4) is 0 Å². The molecule has 2 aromatic heterocycles. The zero-order valence-electron chi connectivity index (χ0n) is 30.3. The van der Waals surface area contributed by atoms with E-state index in [9.17, 15) is 0 Å². The number of para-hydroxylation sites is 1. The van der Waals surface area contributed by atoms with Gasteiger partial charge < -0.3 is 9.32 Å². The molecule has 56 heavy (non-hydrogen) atoms. The third-order valence-corrected chi connectivity index (χ3v) is 13.2. The molecule has 0 bridgehead atoms. The first-order valence-electron chi connectivity index (χ1n) is 19.2. The molecule has 2 nitrogen and oxygen atoms in total. The van der Waals surface area contributed by atoms with Crippen LogP contribution in [0.2, 0.25) is 0 Å². The minimum absolute atomic E-state index is 0.513. The fraction of sp³-hybridized carbons (Fsp3) is 0.0189. The van der Waals surface area contributed by atoms with E-state index in [4.69, 9.17) is 4.42 Å². The molecule has 1 aliphatic rings. The molecule has 0 radical (unpaired) electrons. The number of thiophene rings is 1. The highest BCUT2D eigenvalue weighted by atomic mass is 32.1. The minimum atomic E-state index is -0.513. The Morgan fingerprint density at radius 2 is 1.02 bits per heavy atom. The van der Waals surface area contributed by atoms with Crippen LogP contribution in [0, 0.1) is 0 Å². The third kappa shape index (κ3) is 4.32. The predicted octanol–water partition coefficient (Wildman–Crippen LogP) is 14.9. The molecule has 11 aromatic rings. The fourth-order valence-corrected chi connectivity index (χ4v) is 10.9. The molecule has 1 aliphatic carbocycles. The molecular formula is C53H33NOS. The van der Waals surface area contributed by atoms with Gasteiger partial charge >= 0.3 is 0 Å². The molecule has 2 heterocycles. The van der Waals surface area contributed by atoms with E-state index in [-0.39, 0.29) is 0 Å². The van der Waals surface area contributed by atoms with Gasteiger partial charge in [0.15, 0.2) is 0 Å². The van der Waals surface area contributed by atoms with Crippen molar-refractivity contribution in [3.8, 4) is 11.1 Å². The molecule has 0 amide bonds. The quantitative estimate of drug-likeness (QED) is 0.175. The van der Waals surface area contributed by atoms with Gasteiger partial charge in [0.1, 0.15) is 11.2 Å². The maximum atomic E-state index is 6.57. The van der Waals surface area contributed by atoms with E-state index in [1.54, 1.807) is 0 Å². The Balaban J connectivity index is 1.20. The molecule has 9 aromatic carbocycles. The van der Waals surface area contributed by atoms with Crippen molar-refractivity contribution >= 4 is 81.3 Å². The van der Waals surface area contributed by atoms with E-state index >= 15 is 0 Å². The summed E-state index contributed by atoms with van der Waals surface area (Å²) in [5.41, 5.74) is 12.1. The van der Waals surface area contributed by atoms with Gasteiger partial charge in [-0.05, 0) is 68.9 Å². The second-order valence-electron chi connectivity index (χ2n) is 14.8. The van der Waals surface area contributed by atoms with Crippen molar-refractivity contribution in [1.82, 2.24) is 0 Å². The van der Waals surface area contributed by atoms with E-state index in [1.165, 1.54) is 64.3 Å². The molecule has 3 heteroatoms. The van der Waals surface area contributed by atoms with Crippen molar-refractivity contribution in [2.45, 2.75) is 5.41 Å². The maximum Gasteiger partial charge on any atom is 0.137 e. The molecule has 0 N–H and O–H groups in total. The van der Waals surface area contributed by atoms with Gasteiger partial charge in [0, 0.05) is 43.6 Å². The van der Waals surface area contributed by atoms with Gasteiger partial charge in [-0.1, -0.05) is 164 Å². The van der Waals surface area contributed by atoms with Gasteiger partial charge in [0.25, 0.3) is 0 Å². The highest BCUT2D eigenvalue weighted by molar-refractivity contribution is 7.27. The van der Waals surface area contributed by atoms with E-state index in [1.807, 2.05) is 17.4 Å². The summed E-state index contributed by atoms with van der Waals surface area (Å²) >= 11 is 1.89. The first kappa shape index (κ1) is 31.4. The van der Waals surface area contributed by atoms with Crippen molar-refractivity contribution in [2.75, 3.05) is 4.90 Å². The molecule has 0 fully saturated rings. The second kappa shape index (κ2) is 12.0. The Morgan fingerprint density at radius 1 is 0.411 bits per heavy atom. The Hall–Kier alpha value is -6.94. The number of hydrogen-bond acceptors (Lipinski definition) is 3. The number of nitrogens with zero attached hydrogens (tertiary/aromatic N) is 1. The molecule has 262 valence electrons. The summed E-state index contributed by atoms with van der Waals surface area (Å²) < 4.78 is 9.14. The SMILES string of the molecule is c1ccc(C2(c3ccccc3)c3ccccc3-c3c(N(c4ccc5c(c4)oc4ccccc45)c4cccc5c4sc4c6ccccc6ccc54)cccc32)cc1. The standard InChI is InChI=1S/C53H33NOS/c1-3-16-35(17-4-1)53(36-18-5-2-6-19-36)44-24-11-9-22-43(44)50-45(53)25-14-26-46(50)54(37-30-32-40-39-21-10-12-28-48(39)55-49(40)33-37)47-27-13-23-41-42-31-29-34-15-7-8-20-38(34)51(42)56-52(41)47/h1-33H. The van der Waals surface area contributed by atoms with Crippen LogP contribution in [-0.2, 0) is 5.41 Å². The van der Waals surface area contributed by atoms with Gasteiger partial charge in [0.05, 0.1) is 21.5 Å². The van der Waals surface area contributed by atoms with Crippen LogP contribution in [-0.4, -0.2) is 0 Å². The topological polar surface area (TPSA) is 16.4 Å². The van der Waals surface area contributed by atoms with Gasteiger partial charge in [-0.15, -0.1) is 11.3 Å². The smallest absolute Gasteiger partial charge is 0.137 e. The van der Waals surface area contributed by atoms with Gasteiger partial charge in [-0.3, -0.25) is 0 Å². The molecule has 0 unspecified atom stereocenters. The van der Waals surface area contributed by atoms with Crippen LogP contribution >= 0.6 is 11.3 Å². The number of furan rings is 1. The summed E-state index contributed by atoms with van der Waals surface area (Å²) in [6.45, 7) is 0. The van der Waals surface area contributed by atoms with Crippen LogP contribution in [0.4, 0.5) is 17.1 Å². The first-order valence-corrected chi connectivity index (χ1v) is 20.0. The average Bonchev–Trinajstić information content (AvgIpc) is 3.93. The zero-order valence-corrected chi connectivity index (χ0v) is 31.1. The molecule has 0 atom stereocenters. The number of rotatable bonds is 5. The van der Waals surface area contributed by atoms with Crippen molar-refractivity contribution < 1.29 is 4.42 Å². The van der Waals surface area contributed by atoms with E-state index in [0.29, 0.717) is 0 Å². The molecule has 0 spiro atoms. The lowest BCUT2D eigenvalue weighted by molar-refractivity contribution is 0.669. The highest BCUT2D eigenvalue weighted by Gasteiger charge is 2.47. The van der Waals surface area contributed by atoms with Crippen molar-refractivity contribution in [3.63, 3.8) is 0 Å². The fourth-order valence-electron chi connectivity index (χ4n) is 9.61. The summed E-state index contributed by atoms with van der Waals surface area (Å²) in [5.74, 6) is 0. The molecular weight excluding hydrogens is 699 g/mol. The van der Waals surface area contributed by atoms with Gasteiger partial charge in [-0.2, -0.15) is 0 Å². The normalized spacial score (nSPS) is 13.1. The van der Waals surface area contributed by atoms with Crippen LogP contribution in [0.15, 0.2) is 205 Å². The first-order chi connectivity index (χ1) is 27.8. The van der Waals surface area contributed by atoms with Crippen molar-refractivity contribution in [1.29, 1.82) is 0 Å². The lowest BCUT2D eigenvalue weighted by Gasteiger charge is -2.34. The Morgan fingerprint density at radius 3 is 1.86 bits per heavy atom. The molecule has 12 rings (SSSR count). The summed E-state index contributed by atoms with van der Waals surface area (Å²) in [7, 11) is 0. The van der Waals surface area contributed by atoms with E-state index in [0.717, 1.165) is 39.0 Å². The number of benzene rings is 9. The van der Waals surface area contributed by atoms with Gasteiger partial charge in [0.2, 0.25) is 0 Å². The minimum Gasteiger partial charge on any atom is -0.456 e. The zero-order chi connectivity index (χ0) is 36.8. The van der Waals surface area contributed by atoms with Crippen molar-refractivity contribution in [2.24, 2.45) is 0 Å². The monoisotopic (exact) mass is 731 g/mol. The second-order valence-corrected chi connectivity index (χ2v) is 15.8. The Labute approximate surface area is 328 Å². The van der Waals surface area contributed by atoms with E-state index < -0.39 is 5.41 Å². The van der Waals surface area contributed by atoms with E-state index in [2.05, 4.69) is 199 Å². The summed E-state index contributed by atoms with van der Waals surface area (Å²) in [6, 6.07) is 73.2. The summed E-state index contributed by atoms with van der Waals surface area (Å²) in [5, 5.41) is 7.34. The predicted molar refractivity (Wildman–Crippen MR) is 236 cm³/mol. The third-order valence-electron chi connectivity index (χ3n) is 11.9. The average molecular weight is 732 g/mol. The number of fused-ring (bicyclic) bond motifs is 11. The van der Waals surface area contributed by atoms with Crippen LogP contribution in [0.5, 0.6) is 0 Å². The van der Waals surface area contributed by atoms with Gasteiger partial charge in [-0.25, -0.2) is 0 Å². The molecule has 0 saturated carbocycles. The Bertz CT molecular complexity index is 3280. The van der Waals surface area contributed by atoms with Crippen LogP contribution in [0.25, 0.3) is 64.0 Å². The van der Waals surface area contributed by atoms with Crippen LogP contribution < -0.4 is 4.90 Å². The lowest BCUT2D eigenvalue weighted by Crippen LogP contribution is -2.28. The Kier molecular flexibility index (Phi) is 6.75.